The van der Waals surface area contributed by atoms with Gasteiger partial charge in [-0.3, -0.25) is 9.80 Å². The molecule has 1 saturated heterocycles. The third kappa shape index (κ3) is 4.68. The molecule has 0 saturated carbocycles. The van der Waals surface area contributed by atoms with Crippen LogP contribution in [0, 0.1) is 5.82 Å². The highest BCUT2D eigenvalue weighted by Crippen LogP contribution is 2.33. The van der Waals surface area contributed by atoms with Gasteiger partial charge in [-0.2, -0.15) is 9.77 Å². The van der Waals surface area contributed by atoms with Crippen LogP contribution in [0.2, 0.25) is 0 Å². The molecule has 13 heteroatoms. The molecular formula is C26H27FN10O2. The van der Waals surface area contributed by atoms with E-state index in [9.17, 15) is 4.79 Å². The predicted molar refractivity (Wildman–Crippen MR) is 146 cm³/mol. The number of anilines is 3. The van der Waals surface area contributed by atoms with Gasteiger partial charge in [-0.15, -0.1) is 5.10 Å². The first-order chi connectivity index (χ1) is 18.9. The van der Waals surface area contributed by atoms with E-state index in [4.69, 9.17) is 15.2 Å². The largest absolute Gasteiger partial charge is 0.423 e. The molecule has 1 aliphatic rings. The number of piperazine rings is 1. The zero-order valence-electron chi connectivity index (χ0n) is 21.5. The highest BCUT2D eigenvalue weighted by molar-refractivity contribution is 5.98. The molecule has 5 aromatic rings. The van der Waals surface area contributed by atoms with Gasteiger partial charge in [0.05, 0.1) is 30.7 Å². The first-order valence-electron chi connectivity index (χ1n) is 12.5. The van der Waals surface area contributed by atoms with E-state index in [1.165, 1.54) is 12.4 Å². The average Bonchev–Trinajstić information content (AvgIpc) is 3.52. The summed E-state index contributed by atoms with van der Waals surface area (Å²) in [5, 5.41) is 10.2. The van der Waals surface area contributed by atoms with Gasteiger partial charge in [0.1, 0.15) is 29.2 Å². The number of carbonyl (C=O) groups excluding carboxylic acids is 1. The molecule has 6 rings (SSSR count). The van der Waals surface area contributed by atoms with Crippen molar-refractivity contribution >= 4 is 45.6 Å². The van der Waals surface area contributed by atoms with E-state index in [-0.39, 0.29) is 23.4 Å². The summed E-state index contributed by atoms with van der Waals surface area (Å²) >= 11 is 0. The van der Waals surface area contributed by atoms with E-state index in [2.05, 4.69) is 20.3 Å². The van der Waals surface area contributed by atoms with Crippen LogP contribution in [0.25, 0.3) is 33.4 Å². The molecule has 0 unspecified atom stereocenters. The zero-order valence-corrected chi connectivity index (χ0v) is 21.5. The molecule has 4 heterocycles. The normalized spacial score (nSPS) is 14.1. The van der Waals surface area contributed by atoms with E-state index < -0.39 is 5.82 Å². The number of rotatable bonds is 6. The number of halogens is 1. The van der Waals surface area contributed by atoms with E-state index in [0.29, 0.717) is 66.1 Å². The first-order valence-corrected chi connectivity index (χ1v) is 12.5. The van der Waals surface area contributed by atoms with E-state index >= 15 is 4.39 Å². The molecule has 0 bridgehead atoms. The molecule has 1 aliphatic heterocycles. The summed E-state index contributed by atoms with van der Waals surface area (Å²) in [5.41, 5.74) is 9.22. The van der Waals surface area contributed by atoms with Gasteiger partial charge in [-0.05, 0) is 38.4 Å². The van der Waals surface area contributed by atoms with Gasteiger partial charge in [0, 0.05) is 18.7 Å². The van der Waals surface area contributed by atoms with Crippen molar-refractivity contribution in [2.45, 2.75) is 0 Å². The Bertz CT molecular complexity index is 1640. The fourth-order valence-electron chi connectivity index (χ4n) is 4.67. The number of oxazole rings is 1. The summed E-state index contributed by atoms with van der Waals surface area (Å²) in [6, 6.07) is 12.2. The van der Waals surface area contributed by atoms with Crippen LogP contribution in [-0.2, 0) is 4.79 Å². The lowest BCUT2D eigenvalue weighted by Gasteiger charge is -2.36. The SMILES string of the molecule is CN(C)CC(=O)N1CCN(n2nc(-c3ccc(Nc4nc5ccccc5o4)c(F)c3)c3c(N)ncnc32)CC1. The number of carbonyl (C=O) groups is 1. The maximum atomic E-state index is 15.3. The number of hydrogen-bond donors (Lipinski definition) is 2. The Labute approximate surface area is 222 Å². The van der Waals surface area contributed by atoms with E-state index in [1.54, 1.807) is 23.0 Å². The van der Waals surface area contributed by atoms with Crippen molar-refractivity contribution in [3.8, 4) is 11.3 Å². The summed E-state index contributed by atoms with van der Waals surface area (Å²) < 4.78 is 20.9. The number of nitrogens with zero attached hydrogens (tertiary/aromatic N) is 8. The fraction of sp³-hybridized carbons (Fsp3) is 0.269. The van der Waals surface area contributed by atoms with Crippen molar-refractivity contribution in [3.05, 3.63) is 54.6 Å². The lowest BCUT2D eigenvalue weighted by Crippen LogP contribution is -2.54. The predicted octanol–water partition coefficient (Wildman–Crippen LogP) is 2.44. The molecule has 2 aromatic carbocycles. The number of fused-ring (bicyclic) bond motifs is 2. The van der Waals surface area contributed by atoms with Gasteiger partial charge in [-0.1, -0.05) is 18.2 Å². The molecule has 0 spiro atoms. The van der Waals surface area contributed by atoms with Crippen molar-refractivity contribution in [1.82, 2.24) is 34.6 Å². The second-order valence-electron chi connectivity index (χ2n) is 9.57. The van der Waals surface area contributed by atoms with Gasteiger partial charge >= 0.3 is 0 Å². The Hall–Kier alpha value is -4.78. The quantitative estimate of drug-likeness (QED) is 0.337. The maximum absolute atomic E-state index is 15.3. The Kier molecular flexibility index (Phi) is 6.19. The zero-order chi connectivity index (χ0) is 27.1. The molecule has 0 atom stereocenters. The third-order valence-corrected chi connectivity index (χ3v) is 6.58. The lowest BCUT2D eigenvalue weighted by molar-refractivity contribution is -0.132. The molecule has 12 nitrogen and oxygen atoms in total. The first kappa shape index (κ1) is 24.6. The summed E-state index contributed by atoms with van der Waals surface area (Å²) in [6.45, 7) is 2.58. The Morgan fingerprint density at radius 2 is 1.92 bits per heavy atom. The molecule has 39 heavy (non-hydrogen) atoms. The monoisotopic (exact) mass is 530 g/mol. The van der Waals surface area contributed by atoms with Gasteiger partial charge in [-0.25, -0.2) is 14.4 Å². The lowest BCUT2D eigenvalue weighted by atomic mass is 10.1. The van der Waals surface area contributed by atoms with Gasteiger partial charge in [0.15, 0.2) is 11.2 Å². The number of likely N-dealkylation sites (N-methyl/N-ethyl adjacent to an activating group) is 1. The van der Waals surface area contributed by atoms with Crippen molar-refractivity contribution in [3.63, 3.8) is 0 Å². The molecule has 0 radical (unpaired) electrons. The van der Waals surface area contributed by atoms with E-state index in [0.717, 1.165) is 0 Å². The highest BCUT2D eigenvalue weighted by Gasteiger charge is 2.26. The molecule has 3 aromatic heterocycles. The van der Waals surface area contributed by atoms with E-state index in [1.807, 2.05) is 47.1 Å². The van der Waals surface area contributed by atoms with Crippen LogP contribution in [0.5, 0.6) is 0 Å². The van der Waals surface area contributed by atoms with Gasteiger partial charge in [0.25, 0.3) is 6.01 Å². The summed E-state index contributed by atoms with van der Waals surface area (Å²) in [4.78, 5) is 30.8. The minimum absolute atomic E-state index is 0.0826. The molecule has 200 valence electrons. The summed E-state index contributed by atoms with van der Waals surface area (Å²) in [5.74, 6) is -0.185. The number of amides is 1. The van der Waals surface area contributed by atoms with Crippen molar-refractivity contribution in [2.24, 2.45) is 0 Å². The number of aromatic nitrogens is 5. The van der Waals surface area contributed by atoms with Crippen molar-refractivity contribution in [2.75, 3.05) is 62.9 Å². The fourth-order valence-corrected chi connectivity index (χ4v) is 4.67. The Morgan fingerprint density at radius 3 is 2.67 bits per heavy atom. The second-order valence-corrected chi connectivity index (χ2v) is 9.57. The third-order valence-electron chi connectivity index (χ3n) is 6.58. The van der Waals surface area contributed by atoms with Crippen LogP contribution >= 0.6 is 0 Å². The smallest absolute Gasteiger partial charge is 0.300 e. The minimum atomic E-state index is -0.513. The van der Waals surface area contributed by atoms with Crippen LogP contribution in [0.4, 0.5) is 21.9 Å². The minimum Gasteiger partial charge on any atom is -0.423 e. The summed E-state index contributed by atoms with van der Waals surface area (Å²) in [7, 11) is 3.74. The van der Waals surface area contributed by atoms with Crippen LogP contribution in [0.3, 0.4) is 0 Å². The Morgan fingerprint density at radius 1 is 1.13 bits per heavy atom. The Balaban J connectivity index is 1.28. The van der Waals surface area contributed by atoms with Crippen LogP contribution in [0.1, 0.15) is 0 Å². The highest BCUT2D eigenvalue weighted by atomic mass is 19.1. The number of nitrogen functional groups attached to an aromatic ring is 1. The average molecular weight is 531 g/mol. The maximum Gasteiger partial charge on any atom is 0.300 e. The number of nitrogens with one attached hydrogen (secondary N) is 1. The number of benzene rings is 2. The van der Waals surface area contributed by atoms with Crippen LogP contribution in [-0.4, -0.2) is 87.4 Å². The van der Waals surface area contributed by atoms with Crippen molar-refractivity contribution in [1.29, 1.82) is 0 Å². The number of para-hydroxylation sites is 2. The molecule has 0 aliphatic carbocycles. The molecule has 1 amide bonds. The number of hydrogen-bond acceptors (Lipinski definition) is 10. The van der Waals surface area contributed by atoms with Gasteiger partial charge in [0.2, 0.25) is 5.91 Å². The van der Waals surface area contributed by atoms with Crippen LogP contribution < -0.4 is 16.1 Å². The molecule has 3 N–H and O–H groups in total. The standard InChI is InChI=1S/C26H27FN10O2/c1-34(2)14-21(38)35-9-11-36(12-10-35)37-25-22(24(28)29-15-30-25)23(33-37)16-7-8-18(17(27)13-16)31-26-32-19-5-3-4-6-20(19)39-26/h3-8,13,15H,9-12,14H2,1-2H3,(H,31,32)(H2,28,29,30). The second kappa shape index (κ2) is 9.83. The molecular weight excluding hydrogens is 503 g/mol. The van der Waals surface area contributed by atoms with Gasteiger partial charge < -0.3 is 25.3 Å². The molecule has 1 fully saturated rings. The summed E-state index contributed by atoms with van der Waals surface area (Å²) in [6.07, 6.45) is 1.38. The number of nitrogens with two attached hydrogens (primary N) is 1. The van der Waals surface area contributed by atoms with Crippen LogP contribution in [0.15, 0.2) is 53.2 Å². The topological polar surface area (TPSA) is 134 Å². The van der Waals surface area contributed by atoms with Crippen molar-refractivity contribution < 1.29 is 13.6 Å².